The molecule has 4 aromatic rings. The van der Waals surface area contributed by atoms with Gasteiger partial charge in [0.15, 0.2) is 23.1 Å². The van der Waals surface area contributed by atoms with Crippen LogP contribution in [-0.2, 0) is 26.2 Å². The zero-order chi connectivity index (χ0) is 41.6. The maximum Gasteiger partial charge on any atom is 0.193 e. The highest BCUT2D eigenvalue weighted by molar-refractivity contribution is 6.03. The van der Waals surface area contributed by atoms with E-state index in [4.69, 9.17) is 0 Å². The van der Waals surface area contributed by atoms with Crippen LogP contribution in [0.5, 0.6) is 0 Å². The largest absolute Gasteiger partial charge is 0.382 e. The predicted octanol–water partition coefficient (Wildman–Crippen LogP) is 6.21. The van der Waals surface area contributed by atoms with Gasteiger partial charge in [-0.1, -0.05) is 72.8 Å². The minimum absolute atomic E-state index is 0.385. The number of carbonyl (C=O) groups excluding carboxylic acids is 4. The number of benzene rings is 4. The molecule has 0 fully saturated rings. The van der Waals surface area contributed by atoms with Crippen LogP contribution in [0.2, 0.25) is 0 Å². The third kappa shape index (κ3) is 12.4. The Bertz CT molecular complexity index is 1750. The lowest BCUT2D eigenvalue weighted by Crippen LogP contribution is -2.35. The molecule has 0 aromatic heterocycles. The topological polar surface area (TPSA) is 156 Å². The summed E-state index contributed by atoms with van der Waals surface area (Å²) < 4.78 is 0. The van der Waals surface area contributed by atoms with Crippen molar-refractivity contribution >= 4 is 23.1 Å². The summed E-state index contributed by atoms with van der Waals surface area (Å²) in [7, 11) is 0. The summed E-state index contributed by atoms with van der Waals surface area (Å²) in [6.07, 6.45) is 0. The fraction of sp³-hybridized carbons (Fsp3) is 0.391. The summed E-state index contributed by atoms with van der Waals surface area (Å²) in [4.78, 5) is 56.3. The van der Waals surface area contributed by atoms with Crippen LogP contribution >= 0.6 is 0 Å². The molecule has 0 bridgehead atoms. The van der Waals surface area contributed by atoms with Crippen LogP contribution in [0.1, 0.15) is 119 Å². The van der Waals surface area contributed by atoms with E-state index in [1.807, 2.05) is 24.3 Å². The van der Waals surface area contributed by atoms with Gasteiger partial charge in [0.1, 0.15) is 22.4 Å². The molecule has 0 radical (unpaired) electrons. The van der Waals surface area contributed by atoms with Gasteiger partial charge in [-0.3, -0.25) is 29.0 Å². The molecule has 0 saturated heterocycles. The van der Waals surface area contributed by atoms with E-state index in [1.165, 1.54) is 55.4 Å². The summed E-state index contributed by atoms with van der Waals surface area (Å²) in [5.74, 6) is -1.59. The van der Waals surface area contributed by atoms with Crippen molar-refractivity contribution in [2.75, 3.05) is 13.1 Å². The number of Topliss-reactive ketones (excluding diaryl/α,β-unsaturated/α-hetero) is 4. The minimum atomic E-state index is -1.55. The summed E-state index contributed by atoms with van der Waals surface area (Å²) in [6.45, 7) is 14.3. The quantitative estimate of drug-likeness (QED) is 0.0811. The van der Waals surface area contributed by atoms with Crippen molar-refractivity contribution in [3.63, 3.8) is 0 Å². The van der Waals surface area contributed by atoms with Crippen molar-refractivity contribution in [2.24, 2.45) is 0 Å². The summed E-state index contributed by atoms with van der Waals surface area (Å²) in [5, 5.41) is 41.7. The summed E-state index contributed by atoms with van der Waals surface area (Å²) >= 11 is 0. The van der Waals surface area contributed by atoms with E-state index in [2.05, 4.69) is 9.80 Å². The molecule has 0 unspecified atom stereocenters. The Labute approximate surface area is 330 Å². The molecule has 0 saturated carbocycles. The van der Waals surface area contributed by atoms with Gasteiger partial charge in [0, 0.05) is 61.5 Å². The van der Waals surface area contributed by atoms with Crippen molar-refractivity contribution in [1.29, 1.82) is 0 Å². The third-order valence-corrected chi connectivity index (χ3v) is 9.34. The third-order valence-electron chi connectivity index (χ3n) is 9.34. The fourth-order valence-electron chi connectivity index (χ4n) is 6.40. The van der Waals surface area contributed by atoms with Gasteiger partial charge in [0.05, 0.1) is 0 Å². The van der Waals surface area contributed by atoms with Crippen LogP contribution < -0.4 is 0 Å². The molecule has 298 valence electrons. The lowest BCUT2D eigenvalue weighted by atomic mass is 9.95. The number of hydrogen-bond donors (Lipinski definition) is 4. The maximum absolute atomic E-state index is 13.0. The van der Waals surface area contributed by atoms with Gasteiger partial charge >= 0.3 is 0 Å². The SMILES string of the molecule is CC(C)(O)C(=O)c1cccc(CN(CCN(Cc2cccc(C(=O)C(C)(C)O)c2)Cc2cccc(C(=O)C(C)(C)O)c2)Cc2cccc(C(=O)C(C)(C)O)c2)c1. The van der Waals surface area contributed by atoms with Gasteiger partial charge in [-0.25, -0.2) is 0 Å². The van der Waals surface area contributed by atoms with E-state index in [0.29, 0.717) is 61.5 Å². The molecule has 0 atom stereocenters. The van der Waals surface area contributed by atoms with Crippen molar-refractivity contribution in [3.8, 4) is 0 Å². The Morgan fingerprint density at radius 1 is 0.393 bits per heavy atom. The second-order valence-corrected chi connectivity index (χ2v) is 16.8. The monoisotopic (exact) mass is 764 g/mol. The van der Waals surface area contributed by atoms with Gasteiger partial charge in [-0.15, -0.1) is 0 Å². The van der Waals surface area contributed by atoms with Crippen LogP contribution in [0.15, 0.2) is 97.1 Å². The Hall–Kier alpha value is -4.68. The molecule has 0 aliphatic rings. The zero-order valence-corrected chi connectivity index (χ0v) is 33.8. The lowest BCUT2D eigenvalue weighted by Gasteiger charge is -2.29. The lowest BCUT2D eigenvalue weighted by molar-refractivity contribution is 0.0487. The Morgan fingerprint density at radius 2 is 0.589 bits per heavy atom. The molecule has 4 N–H and O–H groups in total. The zero-order valence-electron chi connectivity index (χ0n) is 33.8. The second kappa shape index (κ2) is 17.6. The van der Waals surface area contributed by atoms with E-state index in [-0.39, 0.29) is 0 Å². The maximum atomic E-state index is 13.0. The van der Waals surface area contributed by atoms with Crippen molar-refractivity contribution in [2.45, 2.75) is 104 Å². The van der Waals surface area contributed by atoms with Crippen LogP contribution in [0.4, 0.5) is 0 Å². The van der Waals surface area contributed by atoms with Gasteiger partial charge in [-0.05, 0) is 102 Å². The van der Waals surface area contributed by atoms with Gasteiger partial charge in [-0.2, -0.15) is 0 Å². The Morgan fingerprint density at radius 3 is 0.768 bits per heavy atom. The molecular formula is C46H56N2O8. The molecule has 4 rings (SSSR count). The first-order valence-electron chi connectivity index (χ1n) is 18.8. The van der Waals surface area contributed by atoms with Gasteiger partial charge in [0.2, 0.25) is 0 Å². The van der Waals surface area contributed by atoms with E-state index in [1.54, 1.807) is 72.8 Å². The van der Waals surface area contributed by atoms with Crippen molar-refractivity contribution in [1.82, 2.24) is 9.80 Å². The van der Waals surface area contributed by atoms with E-state index >= 15 is 0 Å². The summed E-state index contributed by atoms with van der Waals surface area (Å²) in [6, 6.07) is 28.6. The molecule has 56 heavy (non-hydrogen) atoms. The second-order valence-electron chi connectivity index (χ2n) is 16.8. The van der Waals surface area contributed by atoms with Crippen LogP contribution in [-0.4, -0.2) is 88.9 Å². The van der Waals surface area contributed by atoms with E-state index in [0.717, 1.165) is 22.3 Å². The Kier molecular flexibility index (Phi) is 13.9. The molecule has 10 heteroatoms. The molecule has 10 nitrogen and oxygen atoms in total. The first-order valence-corrected chi connectivity index (χ1v) is 18.8. The molecule has 0 spiro atoms. The number of nitrogens with zero attached hydrogens (tertiary/aromatic N) is 2. The minimum Gasteiger partial charge on any atom is -0.382 e. The van der Waals surface area contributed by atoms with E-state index in [9.17, 15) is 39.6 Å². The molecule has 0 aliphatic heterocycles. The fourth-order valence-corrected chi connectivity index (χ4v) is 6.40. The van der Waals surface area contributed by atoms with Gasteiger partial charge < -0.3 is 20.4 Å². The average molecular weight is 765 g/mol. The average Bonchev–Trinajstić information content (AvgIpc) is 3.11. The van der Waals surface area contributed by atoms with Crippen LogP contribution in [0.3, 0.4) is 0 Å². The molecule has 0 heterocycles. The number of carbonyl (C=O) groups is 4. The highest BCUT2D eigenvalue weighted by atomic mass is 16.3. The highest BCUT2D eigenvalue weighted by Crippen LogP contribution is 2.22. The van der Waals surface area contributed by atoms with Gasteiger partial charge in [0.25, 0.3) is 0 Å². The first-order chi connectivity index (χ1) is 25.9. The van der Waals surface area contributed by atoms with E-state index < -0.39 is 45.5 Å². The number of aliphatic hydroxyl groups is 4. The summed E-state index contributed by atoms with van der Waals surface area (Å²) in [5.41, 5.74) is -1.29. The normalized spacial score (nSPS) is 12.6. The number of rotatable bonds is 19. The predicted molar refractivity (Wildman–Crippen MR) is 217 cm³/mol. The van der Waals surface area contributed by atoms with Crippen molar-refractivity contribution < 1.29 is 39.6 Å². The molecule has 4 aromatic carbocycles. The Balaban J connectivity index is 1.71. The standard InChI is InChI=1S/C46H56N2O8/c1-43(2,53)39(49)35-17-9-13-31(23-35)27-47(28-32-14-10-18-36(24-32)40(50)44(3,4)54)21-22-48(29-33-15-11-19-37(25-33)41(51)45(5,6)55)30-34-16-12-20-38(26-34)42(52)46(7,8)56/h9-20,23-26,53-56H,21-22,27-30H2,1-8H3. The first kappa shape index (κ1) is 44.0. The highest BCUT2D eigenvalue weighted by Gasteiger charge is 2.28. The molecular weight excluding hydrogens is 709 g/mol. The number of hydrogen-bond acceptors (Lipinski definition) is 10. The van der Waals surface area contributed by atoms with Crippen LogP contribution in [0.25, 0.3) is 0 Å². The molecule has 0 amide bonds. The van der Waals surface area contributed by atoms with Crippen LogP contribution in [0, 0.1) is 0 Å². The number of ketones is 4. The smallest absolute Gasteiger partial charge is 0.193 e. The van der Waals surface area contributed by atoms with Crippen molar-refractivity contribution in [3.05, 3.63) is 142 Å². The molecule has 0 aliphatic carbocycles.